The van der Waals surface area contributed by atoms with Gasteiger partial charge in [0, 0.05) is 18.8 Å². The minimum atomic E-state index is -3.58. The first-order chi connectivity index (χ1) is 10.4. The van der Waals surface area contributed by atoms with E-state index in [-0.39, 0.29) is 17.7 Å². The van der Waals surface area contributed by atoms with Crippen LogP contribution in [0.25, 0.3) is 0 Å². The average Bonchev–Trinajstić information content (AvgIpc) is 2.99. The molecule has 0 radical (unpaired) electrons. The van der Waals surface area contributed by atoms with E-state index in [4.69, 9.17) is 5.11 Å². The van der Waals surface area contributed by atoms with Gasteiger partial charge in [0.2, 0.25) is 0 Å². The highest BCUT2D eigenvalue weighted by Crippen LogP contribution is 2.10. The fourth-order valence-corrected chi connectivity index (χ4v) is 2.92. The molecular formula is C15H21N3O3S. The second-order valence-corrected chi connectivity index (χ2v) is 7.09. The lowest BCUT2D eigenvalue weighted by atomic mass is 10.1. The van der Waals surface area contributed by atoms with Crippen LogP contribution in [0.15, 0.2) is 41.8 Å². The number of aliphatic hydroxyl groups excluding tert-OH is 1. The van der Waals surface area contributed by atoms with Crippen LogP contribution in [0, 0.1) is 0 Å². The molecule has 0 aliphatic heterocycles. The quantitative estimate of drug-likeness (QED) is 0.808. The molecule has 0 amide bonds. The molecule has 6 nitrogen and oxygen atoms in total. The number of aliphatic hydroxyl groups is 1. The van der Waals surface area contributed by atoms with Gasteiger partial charge in [-0.3, -0.25) is 0 Å². The molecule has 0 aliphatic rings. The highest BCUT2D eigenvalue weighted by atomic mass is 32.2. The van der Waals surface area contributed by atoms with Gasteiger partial charge < -0.3 is 9.67 Å². The monoisotopic (exact) mass is 323 g/mol. The molecule has 2 aromatic rings. The molecular weight excluding hydrogens is 302 g/mol. The van der Waals surface area contributed by atoms with E-state index in [1.54, 1.807) is 4.57 Å². The summed E-state index contributed by atoms with van der Waals surface area (Å²) in [5.74, 6) is 0. The molecule has 1 heterocycles. The van der Waals surface area contributed by atoms with Crippen LogP contribution in [0.1, 0.15) is 31.0 Å². The molecule has 0 unspecified atom stereocenters. The van der Waals surface area contributed by atoms with Crippen LogP contribution in [-0.4, -0.2) is 29.6 Å². The number of hydrogen-bond donors (Lipinski definition) is 2. The molecule has 120 valence electrons. The van der Waals surface area contributed by atoms with E-state index in [1.807, 2.05) is 38.1 Å². The van der Waals surface area contributed by atoms with Crippen LogP contribution in [0.3, 0.4) is 0 Å². The lowest BCUT2D eigenvalue weighted by molar-refractivity contribution is 0.282. The number of aromatic nitrogens is 2. The summed E-state index contributed by atoms with van der Waals surface area (Å²) in [5, 5.41) is 9.02. The largest absolute Gasteiger partial charge is 0.392 e. The van der Waals surface area contributed by atoms with E-state index in [1.165, 1.54) is 12.5 Å². The van der Waals surface area contributed by atoms with Crippen molar-refractivity contribution in [2.45, 2.75) is 37.9 Å². The summed E-state index contributed by atoms with van der Waals surface area (Å²) in [7, 11) is -3.58. The third-order valence-electron chi connectivity index (χ3n) is 3.36. The molecule has 0 saturated carbocycles. The Balaban J connectivity index is 1.94. The van der Waals surface area contributed by atoms with E-state index in [0.717, 1.165) is 11.1 Å². The number of sulfonamides is 1. The van der Waals surface area contributed by atoms with Crippen molar-refractivity contribution in [3.8, 4) is 0 Å². The molecule has 0 aliphatic carbocycles. The minimum absolute atomic E-state index is 0.00538. The summed E-state index contributed by atoms with van der Waals surface area (Å²) in [6.07, 6.45) is 3.63. The van der Waals surface area contributed by atoms with Crippen molar-refractivity contribution in [3.05, 3.63) is 47.9 Å². The number of nitrogens with zero attached hydrogens (tertiary/aromatic N) is 2. The van der Waals surface area contributed by atoms with Crippen LogP contribution in [0.4, 0.5) is 0 Å². The van der Waals surface area contributed by atoms with E-state index in [0.29, 0.717) is 13.0 Å². The predicted molar refractivity (Wildman–Crippen MR) is 83.9 cm³/mol. The second-order valence-electron chi connectivity index (χ2n) is 5.38. The van der Waals surface area contributed by atoms with Crippen molar-refractivity contribution in [2.75, 3.05) is 6.54 Å². The highest BCUT2D eigenvalue weighted by molar-refractivity contribution is 7.89. The van der Waals surface area contributed by atoms with Gasteiger partial charge in [-0.2, -0.15) is 0 Å². The number of benzene rings is 1. The van der Waals surface area contributed by atoms with Crippen LogP contribution >= 0.6 is 0 Å². The summed E-state index contributed by atoms with van der Waals surface area (Å²) in [6.45, 7) is 4.23. The van der Waals surface area contributed by atoms with Crippen molar-refractivity contribution < 1.29 is 13.5 Å². The zero-order valence-electron chi connectivity index (χ0n) is 12.7. The minimum Gasteiger partial charge on any atom is -0.392 e. The molecule has 7 heteroatoms. The molecule has 0 fully saturated rings. The molecule has 22 heavy (non-hydrogen) atoms. The maximum Gasteiger partial charge on any atom is 0.259 e. The third-order valence-corrected chi connectivity index (χ3v) is 4.71. The van der Waals surface area contributed by atoms with Crippen molar-refractivity contribution >= 4 is 10.0 Å². The van der Waals surface area contributed by atoms with Gasteiger partial charge in [0.05, 0.1) is 12.9 Å². The zero-order valence-corrected chi connectivity index (χ0v) is 13.5. The van der Waals surface area contributed by atoms with Crippen LogP contribution in [-0.2, 0) is 23.1 Å². The molecule has 0 bridgehead atoms. The number of nitrogens with one attached hydrogen (secondary N) is 1. The van der Waals surface area contributed by atoms with Gasteiger partial charge in [0.15, 0.2) is 5.03 Å². The Bertz CT molecular complexity index is 706. The van der Waals surface area contributed by atoms with Gasteiger partial charge in [-0.05, 0) is 31.4 Å². The maximum absolute atomic E-state index is 12.1. The standard InChI is InChI=1S/C15H21N3O3S/c1-12(2)18-9-15(16-11-18)22(20,21)17-8-7-13-3-5-14(10-19)6-4-13/h3-6,9,11-12,17,19H,7-8,10H2,1-2H3. The Labute approximate surface area is 130 Å². The SMILES string of the molecule is CC(C)n1cnc(S(=O)(=O)NCCc2ccc(CO)cc2)c1. The molecule has 1 aromatic carbocycles. The van der Waals surface area contributed by atoms with E-state index < -0.39 is 10.0 Å². The molecule has 0 atom stereocenters. The Hall–Kier alpha value is -1.70. The Kier molecular flexibility index (Phi) is 5.33. The second kappa shape index (κ2) is 7.04. The predicted octanol–water partition coefficient (Wildman–Crippen LogP) is 1.48. The van der Waals surface area contributed by atoms with E-state index in [9.17, 15) is 8.42 Å². The number of rotatable bonds is 7. The normalized spacial score (nSPS) is 12.0. The first-order valence-electron chi connectivity index (χ1n) is 7.14. The summed E-state index contributed by atoms with van der Waals surface area (Å²) in [6, 6.07) is 7.59. The lowest BCUT2D eigenvalue weighted by Gasteiger charge is -2.06. The summed E-state index contributed by atoms with van der Waals surface area (Å²) in [5.41, 5.74) is 1.84. The van der Waals surface area contributed by atoms with E-state index in [2.05, 4.69) is 9.71 Å². The van der Waals surface area contributed by atoms with Crippen LogP contribution in [0.5, 0.6) is 0 Å². The zero-order chi connectivity index (χ0) is 16.2. The highest BCUT2D eigenvalue weighted by Gasteiger charge is 2.17. The number of imidazole rings is 1. The van der Waals surface area contributed by atoms with Crippen LogP contribution in [0.2, 0.25) is 0 Å². The van der Waals surface area contributed by atoms with Crippen molar-refractivity contribution in [1.29, 1.82) is 0 Å². The molecule has 2 rings (SSSR count). The van der Waals surface area contributed by atoms with Gasteiger partial charge in [0.25, 0.3) is 10.0 Å². The van der Waals surface area contributed by atoms with Gasteiger partial charge in [0.1, 0.15) is 0 Å². The Morgan fingerprint density at radius 3 is 2.41 bits per heavy atom. The van der Waals surface area contributed by atoms with Gasteiger partial charge in [-0.25, -0.2) is 18.1 Å². The van der Waals surface area contributed by atoms with Gasteiger partial charge in [-0.15, -0.1) is 0 Å². The fourth-order valence-electron chi connectivity index (χ4n) is 1.95. The summed E-state index contributed by atoms with van der Waals surface area (Å²) in [4.78, 5) is 3.94. The Morgan fingerprint density at radius 2 is 1.86 bits per heavy atom. The van der Waals surface area contributed by atoms with Gasteiger partial charge >= 0.3 is 0 Å². The first-order valence-corrected chi connectivity index (χ1v) is 8.62. The van der Waals surface area contributed by atoms with Crippen molar-refractivity contribution in [1.82, 2.24) is 14.3 Å². The molecule has 0 saturated heterocycles. The smallest absolute Gasteiger partial charge is 0.259 e. The Morgan fingerprint density at radius 1 is 1.23 bits per heavy atom. The number of hydrogen-bond acceptors (Lipinski definition) is 4. The third kappa shape index (κ3) is 4.16. The topological polar surface area (TPSA) is 84.2 Å². The first kappa shape index (κ1) is 16.7. The van der Waals surface area contributed by atoms with Crippen molar-refractivity contribution in [3.63, 3.8) is 0 Å². The maximum atomic E-state index is 12.1. The average molecular weight is 323 g/mol. The fraction of sp³-hybridized carbons (Fsp3) is 0.400. The van der Waals surface area contributed by atoms with Crippen molar-refractivity contribution in [2.24, 2.45) is 0 Å². The van der Waals surface area contributed by atoms with E-state index >= 15 is 0 Å². The molecule has 1 aromatic heterocycles. The molecule has 0 spiro atoms. The molecule has 2 N–H and O–H groups in total. The van der Waals surface area contributed by atoms with Gasteiger partial charge in [-0.1, -0.05) is 24.3 Å². The van der Waals surface area contributed by atoms with Crippen LogP contribution < -0.4 is 4.72 Å². The summed E-state index contributed by atoms with van der Waals surface area (Å²) >= 11 is 0. The lowest BCUT2D eigenvalue weighted by Crippen LogP contribution is -2.26. The summed E-state index contributed by atoms with van der Waals surface area (Å²) < 4.78 is 28.6.